The molecule has 1 aliphatic rings. The molecule has 0 saturated carbocycles. The van der Waals surface area contributed by atoms with Crippen LogP contribution in [0.2, 0.25) is 5.02 Å². The van der Waals surface area contributed by atoms with Gasteiger partial charge in [-0.25, -0.2) is 22.8 Å². The summed E-state index contributed by atoms with van der Waals surface area (Å²) in [5.74, 6) is 0.714. The van der Waals surface area contributed by atoms with Crippen molar-refractivity contribution < 1.29 is 22.7 Å². The van der Waals surface area contributed by atoms with E-state index in [2.05, 4.69) is 27.2 Å². The molecule has 3 N–H and O–H groups in total. The predicted octanol–water partition coefficient (Wildman–Crippen LogP) is 6.21. The van der Waals surface area contributed by atoms with Crippen LogP contribution in [-0.2, 0) is 16.4 Å². The number of hydrogen-bond acceptors (Lipinski definition) is 8. The molecule has 12 heteroatoms. The summed E-state index contributed by atoms with van der Waals surface area (Å²) in [7, 11) is -3.04. The first-order valence-electron chi connectivity index (χ1n) is 14.5. The van der Waals surface area contributed by atoms with Gasteiger partial charge in [-0.1, -0.05) is 30.3 Å². The van der Waals surface area contributed by atoms with Gasteiger partial charge in [0.15, 0.2) is 9.84 Å². The predicted molar refractivity (Wildman–Crippen MR) is 177 cm³/mol. The average molecular weight is 652 g/mol. The Morgan fingerprint density at radius 2 is 2.00 bits per heavy atom. The van der Waals surface area contributed by atoms with Gasteiger partial charge in [-0.05, 0) is 79.4 Å². The number of nitrogens with zero attached hydrogens (tertiary/aromatic N) is 3. The van der Waals surface area contributed by atoms with E-state index in [1.807, 2.05) is 47.3 Å². The Morgan fingerprint density at radius 3 is 2.73 bits per heavy atom. The van der Waals surface area contributed by atoms with Crippen molar-refractivity contribution in [2.45, 2.75) is 31.9 Å². The Hall–Kier alpha value is -4.03. The summed E-state index contributed by atoms with van der Waals surface area (Å²) in [6, 6.07) is 13.2. The van der Waals surface area contributed by atoms with Gasteiger partial charge in [0.1, 0.15) is 30.3 Å². The van der Waals surface area contributed by atoms with Crippen molar-refractivity contribution in [3.63, 3.8) is 0 Å². The number of benzene rings is 2. The Labute approximate surface area is 267 Å². The minimum Gasteiger partial charge on any atom is -0.487 e. The summed E-state index contributed by atoms with van der Waals surface area (Å²) in [6.45, 7) is 6.29. The third-order valence-electron chi connectivity index (χ3n) is 7.66. The molecule has 0 bridgehead atoms. The van der Waals surface area contributed by atoms with Crippen LogP contribution in [0.4, 0.5) is 15.9 Å². The lowest BCUT2D eigenvalue weighted by Gasteiger charge is -2.32. The van der Waals surface area contributed by atoms with Crippen LogP contribution < -0.4 is 15.4 Å². The molecule has 2 aromatic carbocycles. The second-order valence-electron chi connectivity index (χ2n) is 11.0. The molecule has 236 valence electrons. The fourth-order valence-corrected chi connectivity index (χ4v) is 6.78. The van der Waals surface area contributed by atoms with E-state index in [0.717, 1.165) is 22.2 Å². The number of ether oxygens (including phenoxy) is 1. The van der Waals surface area contributed by atoms with Crippen molar-refractivity contribution in [3.8, 4) is 11.4 Å². The van der Waals surface area contributed by atoms with Gasteiger partial charge in [0.2, 0.25) is 0 Å². The first kappa shape index (κ1) is 32.4. The lowest BCUT2D eigenvalue weighted by Crippen LogP contribution is -2.46. The minimum atomic E-state index is -3.04. The second kappa shape index (κ2) is 13.9. The maximum Gasteiger partial charge on any atom is 0.150 e. The van der Waals surface area contributed by atoms with E-state index in [1.54, 1.807) is 19.1 Å². The number of anilines is 2. The molecule has 1 fully saturated rings. The molecule has 0 aliphatic carbocycles. The summed E-state index contributed by atoms with van der Waals surface area (Å²) in [5, 5.41) is 18.5. The summed E-state index contributed by atoms with van der Waals surface area (Å²) < 4.78 is 44.8. The van der Waals surface area contributed by atoms with E-state index in [4.69, 9.17) is 16.3 Å². The highest BCUT2D eigenvalue weighted by Gasteiger charge is 2.34. The van der Waals surface area contributed by atoms with E-state index < -0.39 is 15.4 Å². The van der Waals surface area contributed by atoms with Gasteiger partial charge in [0, 0.05) is 42.2 Å². The number of fused-ring (bicyclic) bond motifs is 1. The van der Waals surface area contributed by atoms with Gasteiger partial charge >= 0.3 is 0 Å². The number of sulfone groups is 1. The van der Waals surface area contributed by atoms with Crippen LogP contribution in [0.1, 0.15) is 25.3 Å². The fourth-order valence-electron chi connectivity index (χ4n) is 4.96. The maximum absolute atomic E-state index is 13.6. The van der Waals surface area contributed by atoms with Gasteiger partial charge in [-0.15, -0.1) is 0 Å². The van der Waals surface area contributed by atoms with Crippen molar-refractivity contribution in [2.24, 2.45) is 0 Å². The van der Waals surface area contributed by atoms with Crippen molar-refractivity contribution in [1.82, 2.24) is 19.9 Å². The topological polar surface area (TPSA) is 118 Å². The number of aromatic nitrogens is 3. The molecular weight excluding hydrogens is 617 g/mol. The minimum absolute atomic E-state index is 0.0200. The number of halogens is 2. The molecule has 0 amide bonds. The lowest BCUT2D eigenvalue weighted by molar-refractivity contribution is 0.0303. The highest BCUT2D eigenvalue weighted by molar-refractivity contribution is 7.91. The Bertz CT molecular complexity index is 1860. The average Bonchev–Trinajstić information content (AvgIpc) is 3.50. The molecule has 0 unspecified atom stereocenters. The number of nitrogens with one attached hydrogen (secondary N) is 2. The smallest absolute Gasteiger partial charge is 0.150 e. The van der Waals surface area contributed by atoms with Gasteiger partial charge in [0.25, 0.3) is 0 Å². The molecule has 5 rings (SSSR count). The van der Waals surface area contributed by atoms with Gasteiger partial charge in [0.05, 0.1) is 27.6 Å². The molecule has 0 atom stereocenters. The van der Waals surface area contributed by atoms with Crippen LogP contribution in [0.25, 0.3) is 16.6 Å². The van der Waals surface area contributed by atoms with Crippen LogP contribution in [0.5, 0.6) is 5.75 Å². The highest BCUT2D eigenvalue weighted by Crippen LogP contribution is 2.31. The van der Waals surface area contributed by atoms with Gasteiger partial charge in [-0.3, -0.25) is 0 Å². The molecule has 0 spiro atoms. The van der Waals surface area contributed by atoms with E-state index in [9.17, 15) is 17.9 Å². The SMILES string of the molecule is C=C/C(=C\C(F)=C/C)COc1ccc(Nc2ncnc3ccc(-n4ccc(CNCC5(O)CCS(=O)(=O)CC5)c4)cc23)cc1Cl. The normalized spacial score (nSPS) is 16.4. The monoisotopic (exact) mass is 651 g/mol. The number of allylic oxidation sites excluding steroid dienone is 3. The Kier molecular flexibility index (Phi) is 10.0. The van der Waals surface area contributed by atoms with Crippen LogP contribution >= 0.6 is 11.6 Å². The molecule has 3 heterocycles. The maximum atomic E-state index is 13.6. The molecule has 0 radical (unpaired) electrons. The fraction of sp³-hybridized carbons (Fsp3) is 0.273. The zero-order chi connectivity index (χ0) is 32.0. The van der Waals surface area contributed by atoms with Crippen LogP contribution in [-0.4, -0.2) is 58.3 Å². The van der Waals surface area contributed by atoms with E-state index >= 15 is 0 Å². The molecular formula is C33H35ClFN5O4S. The zero-order valence-corrected chi connectivity index (χ0v) is 26.4. The second-order valence-corrected chi connectivity index (χ2v) is 13.7. The number of aliphatic hydroxyl groups is 1. The van der Waals surface area contributed by atoms with Crippen LogP contribution in [0.15, 0.2) is 97.4 Å². The molecule has 2 aromatic heterocycles. The quantitative estimate of drug-likeness (QED) is 0.155. The van der Waals surface area contributed by atoms with Crippen molar-refractivity contribution >= 4 is 43.8 Å². The van der Waals surface area contributed by atoms with Crippen molar-refractivity contribution in [2.75, 3.05) is 30.0 Å². The molecule has 1 saturated heterocycles. The first-order valence-corrected chi connectivity index (χ1v) is 16.7. The van der Waals surface area contributed by atoms with E-state index in [-0.39, 0.29) is 36.8 Å². The van der Waals surface area contributed by atoms with Crippen LogP contribution in [0.3, 0.4) is 0 Å². The largest absolute Gasteiger partial charge is 0.487 e. The Balaban J connectivity index is 1.25. The molecule has 1 aliphatic heterocycles. The van der Waals surface area contributed by atoms with Gasteiger partial charge in [-0.2, -0.15) is 0 Å². The molecule has 4 aromatic rings. The van der Waals surface area contributed by atoms with Crippen molar-refractivity contribution in [1.29, 1.82) is 0 Å². The first-order chi connectivity index (χ1) is 21.6. The summed E-state index contributed by atoms with van der Waals surface area (Å²) in [4.78, 5) is 8.87. The van der Waals surface area contributed by atoms with Crippen molar-refractivity contribution in [3.05, 3.63) is 108 Å². The standard InChI is InChI=1S/C33H35ClFN5O4S/c1-3-23(15-25(35)4-2)20-44-31-8-5-26(16-29(31)34)39-32-28-17-27(6-7-30(28)37-22-38-32)40-12-9-24(19-40)18-36-21-33(41)10-13-45(42,43)14-11-33/h3-9,12,15-17,19,22,36,41H,1,10-11,13-14,18,20-21H2,2H3,(H,37,38,39)/b23-15+,25-4+. The van der Waals surface area contributed by atoms with Crippen LogP contribution in [0, 0.1) is 0 Å². The number of hydrogen-bond donors (Lipinski definition) is 3. The summed E-state index contributed by atoms with van der Waals surface area (Å²) in [6.07, 6.45) is 10.2. The Morgan fingerprint density at radius 1 is 1.20 bits per heavy atom. The highest BCUT2D eigenvalue weighted by atomic mass is 35.5. The molecule has 9 nitrogen and oxygen atoms in total. The number of rotatable bonds is 12. The molecule has 45 heavy (non-hydrogen) atoms. The summed E-state index contributed by atoms with van der Waals surface area (Å²) in [5.41, 5.74) is 2.96. The third kappa shape index (κ3) is 8.37. The third-order valence-corrected chi connectivity index (χ3v) is 9.61. The van der Waals surface area contributed by atoms with E-state index in [0.29, 0.717) is 40.9 Å². The van der Waals surface area contributed by atoms with E-state index in [1.165, 1.54) is 24.6 Å². The van der Waals surface area contributed by atoms with Gasteiger partial charge < -0.3 is 25.0 Å². The zero-order valence-electron chi connectivity index (χ0n) is 24.8. The summed E-state index contributed by atoms with van der Waals surface area (Å²) >= 11 is 6.51. The lowest BCUT2D eigenvalue weighted by atomic mass is 9.97.